The van der Waals surface area contributed by atoms with Crippen LogP contribution in [-0.4, -0.2) is 22.8 Å². The highest BCUT2D eigenvalue weighted by atomic mass is 16.2. The fourth-order valence-electron chi connectivity index (χ4n) is 1.86. The number of likely N-dealkylation sites (tertiary alicyclic amines) is 1. The highest BCUT2D eigenvalue weighted by Gasteiger charge is 2.42. The van der Waals surface area contributed by atoms with Crippen LogP contribution in [0.5, 0.6) is 0 Å². The van der Waals surface area contributed by atoms with E-state index in [0.717, 1.165) is 6.42 Å². The van der Waals surface area contributed by atoms with Crippen LogP contribution >= 0.6 is 0 Å². The van der Waals surface area contributed by atoms with Gasteiger partial charge in [-0.05, 0) is 26.7 Å². The minimum atomic E-state index is -0.321. The van der Waals surface area contributed by atoms with Gasteiger partial charge in [0.05, 0.1) is 0 Å². The minimum absolute atomic E-state index is 0.00579. The summed E-state index contributed by atoms with van der Waals surface area (Å²) >= 11 is 0. The van der Waals surface area contributed by atoms with E-state index in [0.29, 0.717) is 12.8 Å². The summed E-state index contributed by atoms with van der Waals surface area (Å²) in [7, 11) is 0. The topological polar surface area (TPSA) is 37.4 Å². The van der Waals surface area contributed by atoms with Crippen LogP contribution in [0.15, 0.2) is 0 Å². The molecule has 1 unspecified atom stereocenters. The normalized spacial score (nSPS) is 28.8. The Bertz CT molecular complexity index is 260. The average Bonchev–Trinajstić information content (AvgIpc) is 2.12. The van der Waals surface area contributed by atoms with Crippen LogP contribution in [0.2, 0.25) is 0 Å². The Labute approximate surface area is 85.5 Å². The summed E-state index contributed by atoms with van der Waals surface area (Å²) in [5.74, 6) is -0.0119. The monoisotopic (exact) mass is 197 g/mol. The molecular weight excluding hydrogens is 178 g/mol. The van der Waals surface area contributed by atoms with Crippen LogP contribution in [0, 0.1) is 5.41 Å². The van der Waals surface area contributed by atoms with Gasteiger partial charge in [-0.2, -0.15) is 0 Å². The van der Waals surface area contributed by atoms with Crippen molar-refractivity contribution in [2.75, 3.05) is 0 Å². The van der Waals surface area contributed by atoms with E-state index in [1.807, 2.05) is 27.7 Å². The molecule has 0 saturated carbocycles. The molecule has 0 aromatic carbocycles. The molecule has 1 rings (SSSR count). The first-order valence-electron chi connectivity index (χ1n) is 5.29. The van der Waals surface area contributed by atoms with Crippen molar-refractivity contribution in [3.8, 4) is 0 Å². The molecule has 3 nitrogen and oxygen atoms in total. The fraction of sp³-hybridized carbons (Fsp3) is 0.818. The third-order valence-electron chi connectivity index (χ3n) is 3.19. The number of imide groups is 1. The minimum Gasteiger partial charge on any atom is -0.280 e. The van der Waals surface area contributed by atoms with Crippen molar-refractivity contribution >= 4 is 11.8 Å². The van der Waals surface area contributed by atoms with E-state index in [9.17, 15) is 9.59 Å². The second kappa shape index (κ2) is 3.71. The molecule has 0 radical (unpaired) electrons. The summed E-state index contributed by atoms with van der Waals surface area (Å²) in [4.78, 5) is 25.0. The second-order valence-corrected chi connectivity index (χ2v) is 4.58. The molecule has 14 heavy (non-hydrogen) atoms. The predicted octanol–water partition coefficient (Wildman–Crippen LogP) is 1.96. The molecule has 80 valence electrons. The van der Waals surface area contributed by atoms with Crippen molar-refractivity contribution < 1.29 is 9.59 Å². The fourth-order valence-corrected chi connectivity index (χ4v) is 1.86. The van der Waals surface area contributed by atoms with Crippen molar-refractivity contribution in [1.82, 2.24) is 4.90 Å². The maximum atomic E-state index is 12.0. The number of amides is 2. The zero-order valence-corrected chi connectivity index (χ0v) is 9.46. The zero-order chi connectivity index (χ0) is 10.9. The van der Waals surface area contributed by atoms with E-state index < -0.39 is 0 Å². The third kappa shape index (κ3) is 1.68. The van der Waals surface area contributed by atoms with E-state index in [2.05, 4.69) is 0 Å². The van der Waals surface area contributed by atoms with Gasteiger partial charge in [-0.3, -0.25) is 14.5 Å². The smallest absolute Gasteiger partial charge is 0.235 e. The molecule has 0 aliphatic carbocycles. The molecule has 2 amide bonds. The van der Waals surface area contributed by atoms with Gasteiger partial charge in [-0.15, -0.1) is 0 Å². The Hall–Kier alpha value is -0.860. The maximum Gasteiger partial charge on any atom is 0.235 e. The van der Waals surface area contributed by atoms with Gasteiger partial charge in [-0.25, -0.2) is 0 Å². The third-order valence-corrected chi connectivity index (χ3v) is 3.19. The van der Waals surface area contributed by atoms with Crippen LogP contribution in [0.3, 0.4) is 0 Å². The van der Waals surface area contributed by atoms with E-state index in [1.54, 1.807) is 0 Å². The van der Waals surface area contributed by atoms with Gasteiger partial charge in [0, 0.05) is 17.9 Å². The quantitative estimate of drug-likeness (QED) is 0.634. The largest absolute Gasteiger partial charge is 0.280 e. The summed E-state index contributed by atoms with van der Waals surface area (Å²) in [5, 5.41) is 0. The molecule has 0 N–H and O–H groups in total. The number of carbonyl (C=O) groups is 2. The number of nitrogens with zero attached hydrogens (tertiary/aromatic N) is 1. The highest BCUT2D eigenvalue weighted by molar-refractivity contribution is 6.00. The van der Waals surface area contributed by atoms with Crippen LogP contribution in [0.4, 0.5) is 0 Å². The lowest BCUT2D eigenvalue weighted by atomic mass is 9.78. The molecule has 1 saturated heterocycles. The van der Waals surface area contributed by atoms with Gasteiger partial charge in [0.15, 0.2) is 0 Å². The van der Waals surface area contributed by atoms with Crippen molar-refractivity contribution in [1.29, 1.82) is 0 Å². The van der Waals surface area contributed by atoms with Crippen molar-refractivity contribution in [3.05, 3.63) is 0 Å². The first-order chi connectivity index (χ1) is 6.42. The molecular formula is C11H19NO2. The summed E-state index contributed by atoms with van der Waals surface area (Å²) in [6.45, 7) is 7.73. The first-order valence-corrected chi connectivity index (χ1v) is 5.29. The summed E-state index contributed by atoms with van der Waals surface area (Å²) in [5.41, 5.74) is -0.321. The van der Waals surface area contributed by atoms with Gasteiger partial charge >= 0.3 is 0 Å². The van der Waals surface area contributed by atoms with Crippen LogP contribution < -0.4 is 0 Å². The SMILES string of the molecule is CCC1(C)CCC(=O)N(C(C)C)C1=O. The molecule has 1 aliphatic heterocycles. The summed E-state index contributed by atoms with van der Waals surface area (Å²) < 4.78 is 0. The average molecular weight is 197 g/mol. The number of hydrogen-bond acceptors (Lipinski definition) is 2. The molecule has 0 aromatic rings. The van der Waals surface area contributed by atoms with E-state index >= 15 is 0 Å². The standard InChI is InChI=1S/C11H19NO2/c1-5-11(4)7-6-9(13)12(8(2)3)10(11)14/h8H,5-7H2,1-4H3. The van der Waals surface area contributed by atoms with Gasteiger partial charge in [0.2, 0.25) is 11.8 Å². The Kier molecular flexibility index (Phi) is 2.98. The van der Waals surface area contributed by atoms with Crippen molar-refractivity contribution in [3.63, 3.8) is 0 Å². The summed E-state index contributed by atoms with van der Waals surface area (Å²) in [6, 6.07) is -0.0128. The number of hydrogen-bond donors (Lipinski definition) is 0. The lowest BCUT2D eigenvalue weighted by molar-refractivity contribution is -0.159. The van der Waals surface area contributed by atoms with Gasteiger partial charge < -0.3 is 0 Å². The van der Waals surface area contributed by atoms with E-state index in [-0.39, 0.29) is 23.3 Å². The lowest BCUT2D eigenvalue weighted by Gasteiger charge is -2.39. The van der Waals surface area contributed by atoms with Crippen molar-refractivity contribution in [2.24, 2.45) is 5.41 Å². The molecule has 1 aliphatic rings. The highest BCUT2D eigenvalue weighted by Crippen LogP contribution is 2.35. The van der Waals surface area contributed by atoms with Gasteiger partial charge in [0.25, 0.3) is 0 Å². The Morgan fingerprint density at radius 1 is 1.43 bits per heavy atom. The Balaban J connectivity index is 2.94. The van der Waals surface area contributed by atoms with Crippen LogP contribution in [-0.2, 0) is 9.59 Å². The molecule has 1 heterocycles. The second-order valence-electron chi connectivity index (χ2n) is 4.58. The maximum absolute atomic E-state index is 12.0. The Morgan fingerprint density at radius 2 is 2.00 bits per heavy atom. The molecule has 0 aromatic heterocycles. The number of carbonyl (C=O) groups excluding carboxylic acids is 2. The zero-order valence-electron chi connectivity index (χ0n) is 9.46. The van der Waals surface area contributed by atoms with Gasteiger partial charge in [0.1, 0.15) is 0 Å². The van der Waals surface area contributed by atoms with Crippen molar-refractivity contribution in [2.45, 2.75) is 53.0 Å². The Morgan fingerprint density at radius 3 is 2.43 bits per heavy atom. The molecule has 0 bridgehead atoms. The number of rotatable bonds is 2. The van der Waals surface area contributed by atoms with E-state index in [4.69, 9.17) is 0 Å². The van der Waals surface area contributed by atoms with E-state index in [1.165, 1.54) is 4.90 Å². The number of piperidine rings is 1. The molecule has 3 heteroatoms. The predicted molar refractivity (Wildman–Crippen MR) is 54.6 cm³/mol. The van der Waals surface area contributed by atoms with Crippen LogP contribution in [0.25, 0.3) is 0 Å². The molecule has 0 spiro atoms. The molecule has 1 atom stereocenters. The lowest BCUT2D eigenvalue weighted by Crippen LogP contribution is -2.52. The summed E-state index contributed by atoms with van der Waals surface area (Å²) in [6.07, 6.45) is 2.01. The van der Waals surface area contributed by atoms with Crippen LogP contribution in [0.1, 0.15) is 47.0 Å². The first kappa shape index (κ1) is 11.2. The molecule has 1 fully saturated rings. The van der Waals surface area contributed by atoms with Gasteiger partial charge in [-0.1, -0.05) is 13.8 Å².